The zero-order chi connectivity index (χ0) is 32.0. The molecule has 1 aliphatic carbocycles. The number of thiazole rings is 1. The van der Waals surface area contributed by atoms with E-state index in [1.807, 2.05) is 29.3 Å². The summed E-state index contributed by atoms with van der Waals surface area (Å²) in [6, 6.07) is 17.2. The minimum atomic E-state index is -1.26. The number of esters is 1. The third-order valence-corrected chi connectivity index (χ3v) is 9.88. The first-order valence-corrected chi connectivity index (χ1v) is 15.7. The number of carbonyl (C=O) groups is 2. The van der Waals surface area contributed by atoms with Crippen LogP contribution in [-0.4, -0.2) is 52.4 Å². The second-order valence-electron chi connectivity index (χ2n) is 11.4. The number of pyridine rings is 1. The van der Waals surface area contributed by atoms with Gasteiger partial charge < -0.3 is 19.1 Å². The molecule has 3 aromatic carbocycles. The lowest BCUT2D eigenvalue weighted by Gasteiger charge is -2.51. The lowest BCUT2D eigenvalue weighted by molar-refractivity contribution is -0.0417. The standard InChI is InChI=1S/C34H22F2N4O6S/c35-22-10-9-21-25(26(22)36)27-31(47-16-37-27)18-6-2-1-5-17(18)28(21)40-24-15-44-14-13-38(24)32(42)29-30(23(41)11-12-39(29)40)45-34-20-8-4-3-7-19(20)33(43)46-34/h1-12,16,24,28,34H,13-15H2/t24-,28-,34?/m1/s1. The normalized spacial score (nSPS) is 20.7. The Bertz CT molecular complexity index is 2220. The fraction of sp³-hybridized carbons (Fsp3) is 0.176. The van der Waals surface area contributed by atoms with Gasteiger partial charge in [0, 0.05) is 29.9 Å². The number of aromatic nitrogens is 2. The first-order valence-electron chi connectivity index (χ1n) is 14.8. The number of hydrogen-bond acceptors (Lipinski definition) is 9. The van der Waals surface area contributed by atoms with Gasteiger partial charge in [-0.05, 0) is 28.8 Å². The third kappa shape index (κ3) is 3.96. The maximum absolute atomic E-state index is 15.9. The zero-order valence-electron chi connectivity index (χ0n) is 24.3. The molecule has 10 nitrogen and oxygen atoms in total. The molecule has 0 bridgehead atoms. The summed E-state index contributed by atoms with van der Waals surface area (Å²) in [6.45, 7) is 0.534. The van der Waals surface area contributed by atoms with Crippen molar-refractivity contribution in [3.05, 3.63) is 128 Å². The molecule has 5 aromatic rings. The average Bonchev–Trinajstić information content (AvgIpc) is 3.67. The summed E-state index contributed by atoms with van der Waals surface area (Å²) in [5.74, 6) is -3.47. The van der Waals surface area contributed by atoms with Crippen molar-refractivity contribution in [2.24, 2.45) is 0 Å². The molecule has 2 aromatic heterocycles. The SMILES string of the molecule is O=C1OC(Oc2c3n(ccc2=O)N([C@@H]2c4ccccc4-c4scnc4-c4c2ccc(F)c4F)[C@@H]2COCCN2C3=O)c2ccccc21. The number of carbonyl (C=O) groups excluding carboxylic acids is 2. The van der Waals surface area contributed by atoms with Crippen molar-refractivity contribution in [2.75, 3.05) is 24.8 Å². The molecule has 1 unspecified atom stereocenters. The first kappa shape index (κ1) is 27.9. The van der Waals surface area contributed by atoms with E-state index in [2.05, 4.69) is 4.98 Å². The molecule has 5 heterocycles. The highest BCUT2D eigenvalue weighted by Crippen LogP contribution is 2.50. The highest BCUT2D eigenvalue weighted by Gasteiger charge is 2.47. The molecule has 234 valence electrons. The van der Waals surface area contributed by atoms with Gasteiger partial charge >= 0.3 is 5.97 Å². The number of rotatable bonds is 3. The number of nitrogens with zero attached hydrogens (tertiary/aromatic N) is 4. The minimum absolute atomic E-state index is 0.0103. The molecular formula is C34H22F2N4O6S. The van der Waals surface area contributed by atoms with E-state index in [0.717, 1.165) is 17.2 Å². The summed E-state index contributed by atoms with van der Waals surface area (Å²) in [5, 5.41) is 1.84. The lowest BCUT2D eigenvalue weighted by atomic mass is 9.92. The number of morpholine rings is 1. The maximum atomic E-state index is 15.9. The van der Waals surface area contributed by atoms with Gasteiger partial charge in [-0.3, -0.25) is 19.3 Å². The number of benzene rings is 3. The fourth-order valence-corrected chi connectivity index (χ4v) is 7.83. The first-order chi connectivity index (χ1) is 22.9. The van der Waals surface area contributed by atoms with E-state index in [1.54, 1.807) is 34.7 Å². The molecule has 4 aliphatic rings. The molecule has 9 rings (SSSR count). The summed E-state index contributed by atoms with van der Waals surface area (Å²) in [4.78, 5) is 47.2. The number of amides is 1. The topological polar surface area (TPSA) is 103 Å². The molecule has 1 amide bonds. The largest absolute Gasteiger partial charge is 0.444 e. The fourth-order valence-electron chi connectivity index (χ4n) is 6.98. The van der Waals surface area contributed by atoms with Crippen molar-refractivity contribution in [3.8, 4) is 27.4 Å². The van der Waals surface area contributed by atoms with Gasteiger partial charge in [0.2, 0.25) is 11.2 Å². The van der Waals surface area contributed by atoms with Gasteiger partial charge in [-0.25, -0.2) is 18.6 Å². The molecule has 3 atom stereocenters. The summed E-state index contributed by atoms with van der Waals surface area (Å²) in [5.41, 5.74) is 3.86. The maximum Gasteiger partial charge on any atom is 0.342 e. The molecule has 13 heteroatoms. The third-order valence-electron chi connectivity index (χ3n) is 9.02. The summed E-state index contributed by atoms with van der Waals surface area (Å²) < 4.78 is 49.9. The van der Waals surface area contributed by atoms with Gasteiger partial charge in [0.05, 0.1) is 40.9 Å². The number of ether oxygens (including phenoxy) is 3. The van der Waals surface area contributed by atoms with Crippen LogP contribution in [0.2, 0.25) is 0 Å². The van der Waals surface area contributed by atoms with Crippen molar-refractivity contribution in [1.29, 1.82) is 0 Å². The second kappa shape index (κ2) is 10.3. The van der Waals surface area contributed by atoms with Crippen LogP contribution in [0, 0.1) is 11.6 Å². The van der Waals surface area contributed by atoms with E-state index in [4.69, 9.17) is 14.2 Å². The van der Waals surface area contributed by atoms with Crippen LogP contribution in [0.4, 0.5) is 8.78 Å². The molecule has 3 aliphatic heterocycles. The number of fused-ring (bicyclic) bond motifs is 8. The molecule has 1 saturated heterocycles. The average molecular weight is 653 g/mol. The predicted octanol–water partition coefficient (Wildman–Crippen LogP) is 5.02. The molecule has 0 N–H and O–H groups in total. The number of halogens is 2. The van der Waals surface area contributed by atoms with Crippen LogP contribution in [0.5, 0.6) is 5.75 Å². The smallest absolute Gasteiger partial charge is 0.342 e. The quantitative estimate of drug-likeness (QED) is 0.251. The van der Waals surface area contributed by atoms with Crippen molar-refractivity contribution in [3.63, 3.8) is 0 Å². The molecular weight excluding hydrogens is 630 g/mol. The summed E-state index contributed by atoms with van der Waals surface area (Å²) in [6.07, 6.45) is -0.516. The van der Waals surface area contributed by atoms with Crippen LogP contribution in [0.15, 0.2) is 83.2 Å². The predicted molar refractivity (Wildman–Crippen MR) is 165 cm³/mol. The van der Waals surface area contributed by atoms with Crippen LogP contribution >= 0.6 is 11.3 Å². The van der Waals surface area contributed by atoms with Gasteiger partial charge in [-0.15, -0.1) is 11.3 Å². The van der Waals surface area contributed by atoms with E-state index in [1.165, 1.54) is 34.3 Å². The lowest BCUT2D eigenvalue weighted by Crippen LogP contribution is -2.66. The van der Waals surface area contributed by atoms with Crippen LogP contribution in [0.3, 0.4) is 0 Å². The zero-order valence-corrected chi connectivity index (χ0v) is 25.1. The van der Waals surface area contributed by atoms with Crippen molar-refractivity contribution >= 4 is 23.2 Å². The van der Waals surface area contributed by atoms with E-state index in [-0.39, 0.29) is 36.8 Å². The Kier molecular flexibility index (Phi) is 6.11. The van der Waals surface area contributed by atoms with Crippen LogP contribution in [0.25, 0.3) is 21.7 Å². The van der Waals surface area contributed by atoms with Gasteiger partial charge in [0.1, 0.15) is 6.17 Å². The summed E-state index contributed by atoms with van der Waals surface area (Å²) in [7, 11) is 0. The van der Waals surface area contributed by atoms with Crippen LogP contribution in [0.1, 0.15) is 49.9 Å². The molecule has 0 spiro atoms. The number of hydrogen-bond donors (Lipinski definition) is 0. The minimum Gasteiger partial charge on any atom is -0.444 e. The van der Waals surface area contributed by atoms with Crippen LogP contribution in [-0.2, 0) is 9.47 Å². The number of cyclic esters (lactones) is 1. The Morgan fingerprint density at radius 3 is 2.55 bits per heavy atom. The Labute approximate surface area is 268 Å². The Morgan fingerprint density at radius 2 is 1.70 bits per heavy atom. The highest BCUT2D eigenvalue weighted by molar-refractivity contribution is 7.13. The summed E-state index contributed by atoms with van der Waals surface area (Å²) >= 11 is 1.32. The van der Waals surface area contributed by atoms with Gasteiger partial charge in [-0.2, -0.15) is 0 Å². The van der Waals surface area contributed by atoms with Crippen molar-refractivity contribution < 1.29 is 32.6 Å². The molecule has 47 heavy (non-hydrogen) atoms. The van der Waals surface area contributed by atoms with Crippen molar-refractivity contribution in [2.45, 2.75) is 18.5 Å². The second-order valence-corrected chi connectivity index (χ2v) is 12.3. The van der Waals surface area contributed by atoms with E-state index < -0.39 is 47.4 Å². The molecule has 0 radical (unpaired) electrons. The Balaban J connectivity index is 1.30. The van der Waals surface area contributed by atoms with Gasteiger partial charge in [-0.1, -0.05) is 48.5 Å². The Morgan fingerprint density at radius 1 is 0.915 bits per heavy atom. The van der Waals surface area contributed by atoms with Crippen molar-refractivity contribution in [1.82, 2.24) is 14.6 Å². The monoisotopic (exact) mass is 652 g/mol. The molecule has 0 saturated carbocycles. The van der Waals surface area contributed by atoms with Crippen LogP contribution < -0.4 is 15.2 Å². The van der Waals surface area contributed by atoms with E-state index >= 15 is 4.39 Å². The Hall–Kier alpha value is -5.40. The van der Waals surface area contributed by atoms with Gasteiger partial charge in [0.15, 0.2) is 17.3 Å². The van der Waals surface area contributed by atoms with Gasteiger partial charge in [0.25, 0.3) is 12.2 Å². The van der Waals surface area contributed by atoms with E-state index in [9.17, 15) is 18.8 Å². The molecule has 1 fully saturated rings. The van der Waals surface area contributed by atoms with E-state index in [0.29, 0.717) is 27.3 Å². The highest BCUT2D eigenvalue weighted by atomic mass is 32.1.